The highest BCUT2D eigenvalue weighted by molar-refractivity contribution is 9.10. The van der Waals surface area contributed by atoms with Crippen molar-refractivity contribution in [2.24, 2.45) is 5.92 Å². The third kappa shape index (κ3) is 3.12. The average Bonchev–Trinajstić information content (AvgIpc) is 2.73. The topological polar surface area (TPSA) is 60.9 Å². The number of alkyl halides is 2. The molecule has 1 saturated heterocycles. The molecule has 1 aromatic rings. The smallest absolute Gasteiger partial charge is 0.271 e. The molecular weight excluding hydrogens is 382 g/mol. The minimum absolute atomic E-state index is 0.0158. The molecule has 1 heterocycles. The summed E-state index contributed by atoms with van der Waals surface area (Å²) in [5.41, 5.74) is 0.480. The fraction of sp³-hybridized carbons (Fsp3) is 0.538. The number of hydrogen-bond acceptors (Lipinski definition) is 4. The molecule has 2 rings (SSSR count). The van der Waals surface area contributed by atoms with Crippen molar-refractivity contribution in [3.63, 3.8) is 0 Å². The van der Waals surface area contributed by atoms with E-state index in [0.717, 1.165) is 4.31 Å². The van der Waals surface area contributed by atoms with E-state index in [-0.39, 0.29) is 11.4 Å². The van der Waals surface area contributed by atoms with Gasteiger partial charge < -0.3 is 10.0 Å². The molecule has 0 amide bonds. The van der Waals surface area contributed by atoms with Gasteiger partial charge in [0.15, 0.2) is 0 Å². The van der Waals surface area contributed by atoms with Gasteiger partial charge in [0.1, 0.15) is 0 Å². The van der Waals surface area contributed by atoms with Crippen LogP contribution in [0.1, 0.15) is 0 Å². The highest BCUT2D eigenvalue weighted by Crippen LogP contribution is 2.39. The molecule has 1 fully saturated rings. The molecule has 0 radical (unpaired) electrons. The Kier molecular flexibility index (Phi) is 4.82. The maximum absolute atomic E-state index is 13.7. The average molecular weight is 399 g/mol. The van der Waals surface area contributed by atoms with Gasteiger partial charge in [0, 0.05) is 25.1 Å². The molecular formula is C13H17BrF2N2O3S. The number of aliphatic hydroxyl groups is 1. The van der Waals surface area contributed by atoms with Crippen molar-refractivity contribution >= 4 is 31.6 Å². The number of halogens is 3. The number of nitrogens with zero attached hydrogens (tertiary/aromatic N) is 2. The SMILES string of the molecule is CN(C)S(=O)(=O)c1ccc(N2CC(CO)C(F)(F)C2)c(Br)c1. The zero-order chi connectivity index (χ0) is 16.7. The summed E-state index contributed by atoms with van der Waals surface area (Å²) >= 11 is 3.25. The van der Waals surface area contributed by atoms with Crippen LogP contribution in [0.4, 0.5) is 14.5 Å². The molecule has 0 saturated carbocycles. The molecule has 1 aliphatic rings. The van der Waals surface area contributed by atoms with E-state index in [2.05, 4.69) is 15.9 Å². The molecule has 5 nitrogen and oxygen atoms in total. The van der Waals surface area contributed by atoms with Crippen LogP contribution in [0.2, 0.25) is 0 Å². The molecule has 0 spiro atoms. The van der Waals surface area contributed by atoms with Gasteiger partial charge in [0.2, 0.25) is 10.0 Å². The Balaban J connectivity index is 2.33. The lowest BCUT2D eigenvalue weighted by Crippen LogP contribution is -2.29. The maximum atomic E-state index is 13.7. The summed E-state index contributed by atoms with van der Waals surface area (Å²) < 4.78 is 53.1. The van der Waals surface area contributed by atoms with Crippen LogP contribution < -0.4 is 4.90 Å². The van der Waals surface area contributed by atoms with Gasteiger partial charge in [0.05, 0.1) is 29.7 Å². The highest BCUT2D eigenvalue weighted by Gasteiger charge is 2.48. The summed E-state index contributed by atoms with van der Waals surface area (Å²) in [5, 5.41) is 9.04. The van der Waals surface area contributed by atoms with Gasteiger partial charge in [0.25, 0.3) is 5.92 Å². The van der Waals surface area contributed by atoms with E-state index in [1.165, 1.54) is 37.2 Å². The first-order chi connectivity index (χ1) is 10.1. The van der Waals surface area contributed by atoms with E-state index >= 15 is 0 Å². The minimum Gasteiger partial charge on any atom is -0.396 e. The lowest BCUT2D eigenvalue weighted by molar-refractivity contribution is -0.0391. The van der Waals surface area contributed by atoms with Crippen molar-refractivity contribution in [2.45, 2.75) is 10.8 Å². The number of rotatable bonds is 4. The van der Waals surface area contributed by atoms with Crippen molar-refractivity contribution in [3.8, 4) is 0 Å². The van der Waals surface area contributed by atoms with Gasteiger partial charge in [-0.25, -0.2) is 21.5 Å². The van der Waals surface area contributed by atoms with Gasteiger partial charge in [-0.05, 0) is 34.1 Å². The van der Waals surface area contributed by atoms with Crippen molar-refractivity contribution in [2.75, 3.05) is 38.7 Å². The maximum Gasteiger partial charge on any atom is 0.271 e. The summed E-state index contributed by atoms with van der Waals surface area (Å²) in [6.07, 6.45) is 0. The second-order valence-corrected chi connectivity index (χ2v) is 8.43. The van der Waals surface area contributed by atoms with Crippen LogP contribution >= 0.6 is 15.9 Å². The van der Waals surface area contributed by atoms with Crippen LogP contribution in [0.15, 0.2) is 27.6 Å². The summed E-state index contributed by atoms with van der Waals surface area (Å²) in [7, 11) is -0.740. The van der Waals surface area contributed by atoms with E-state index in [1.807, 2.05) is 0 Å². The van der Waals surface area contributed by atoms with Crippen molar-refractivity contribution in [3.05, 3.63) is 22.7 Å². The first kappa shape index (κ1) is 17.6. The van der Waals surface area contributed by atoms with Gasteiger partial charge in [-0.2, -0.15) is 0 Å². The standard InChI is InChI=1S/C13H17BrF2N2O3S/c1-17(2)22(20,21)10-3-4-12(11(14)5-10)18-6-9(7-19)13(15,16)8-18/h3-5,9,19H,6-8H2,1-2H3. The molecule has 1 aliphatic heterocycles. The molecule has 1 N–H and O–H groups in total. The highest BCUT2D eigenvalue weighted by atomic mass is 79.9. The van der Waals surface area contributed by atoms with Gasteiger partial charge in [-0.15, -0.1) is 0 Å². The van der Waals surface area contributed by atoms with Gasteiger partial charge in [-0.3, -0.25) is 0 Å². The number of aliphatic hydroxyl groups excluding tert-OH is 1. The molecule has 0 bridgehead atoms. The molecule has 1 aromatic carbocycles. The van der Waals surface area contributed by atoms with Crippen LogP contribution in [-0.4, -0.2) is 57.5 Å². The Morgan fingerprint density at radius 1 is 1.45 bits per heavy atom. The monoisotopic (exact) mass is 398 g/mol. The summed E-state index contributed by atoms with van der Waals surface area (Å²) in [6, 6.07) is 4.28. The van der Waals surface area contributed by atoms with E-state index in [4.69, 9.17) is 5.11 Å². The van der Waals surface area contributed by atoms with E-state index in [9.17, 15) is 17.2 Å². The number of sulfonamides is 1. The molecule has 9 heteroatoms. The normalized spacial score (nSPS) is 21.6. The van der Waals surface area contributed by atoms with Crippen LogP contribution in [-0.2, 0) is 10.0 Å². The van der Waals surface area contributed by atoms with Crippen LogP contribution in [0, 0.1) is 5.92 Å². The molecule has 0 aliphatic carbocycles. The molecule has 124 valence electrons. The Morgan fingerprint density at radius 3 is 2.55 bits per heavy atom. The van der Waals surface area contributed by atoms with Crippen LogP contribution in [0.5, 0.6) is 0 Å². The third-order valence-electron chi connectivity index (χ3n) is 3.70. The first-order valence-corrected chi connectivity index (χ1v) is 8.78. The largest absolute Gasteiger partial charge is 0.396 e. The van der Waals surface area contributed by atoms with Crippen molar-refractivity contribution < 1.29 is 22.3 Å². The molecule has 0 aromatic heterocycles. The number of anilines is 1. The van der Waals surface area contributed by atoms with E-state index in [0.29, 0.717) is 10.2 Å². The summed E-state index contributed by atoms with van der Waals surface area (Å²) in [4.78, 5) is 1.52. The van der Waals surface area contributed by atoms with Crippen molar-refractivity contribution in [1.29, 1.82) is 0 Å². The van der Waals surface area contributed by atoms with Crippen LogP contribution in [0.3, 0.4) is 0 Å². The lowest BCUT2D eigenvalue weighted by atomic mass is 10.1. The Labute approximate surface area is 136 Å². The molecule has 1 unspecified atom stereocenters. The van der Waals surface area contributed by atoms with Gasteiger partial charge in [-0.1, -0.05) is 0 Å². The lowest BCUT2D eigenvalue weighted by Gasteiger charge is -2.21. The van der Waals surface area contributed by atoms with Crippen molar-refractivity contribution in [1.82, 2.24) is 4.31 Å². The molecule has 22 heavy (non-hydrogen) atoms. The second-order valence-electron chi connectivity index (χ2n) is 5.42. The number of hydrogen-bond donors (Lipinski definition) is 1. The minimum atomic E-state index is -3.58. The quantitative estimate of drug-likeness (QED) is 0.839. The van der Waals surface area contributed by atoms with E-state index in [1.54, 1.807) is 0 Å². The zero-order valence-corrected chi connectivity index (χ0v) is 14.5. The summed E-state index contributed by atoms with van der Waals surface area (Å²) in [5.74, 6) is -4.09. The Hall–Kier alpha value is -0.770. The summed E-state index contributed by atoms with van der Waals surface area (Å²) in [6.45, 7) is -1.08. The first-order valence-electron chi connectivity index (χ1n) is 6.55. The predicted octanol–water partition coefficient (Wildman–Crippen LogP) is 1.76. The second kappa shape index (κ2) is 6.03. The Bertz CT molecular complexity index is 667. The van der Waals surface area contributed by atoms with Gasteiger partial charge >= 0.3 is 0 Å². The third-order valence-corrected chi connectivity index (χ3v) is 6.14. The molecule has 1 atom stereocenters. The fourth-order valence-electron chi connectivity index (χ4n) is 2.34. The predicted molar refractivity (Wildman–Crippen MR) is 82.8 cm³/mol. The van der Waals surface area contributed by atoms with Crippen LogP contribution in [0.25, 0.3) is 0 Å². The Morgan fingerprint density at radius 2 is 2.09 bits per heavy atom. The number of benzene rings is 1. The van der Waals surface area contributed by atoms with E-state index < -0.39 is 35.0 Å². The zero-order valence-electron chi connectivity index (χ0n) is 12.1. The fourth-order valence-corrected chi connectivity index (χ4v) is 4.05.